The second-order valence-corrected chi connectivity index (χ2v) is 10.3. The number of methoxy groups -OCH3 is 1. The number of rotatable bonds is 6. The third-order valence-electron chi connectivity index (χ3n) is 6.61. The molecule has 0 fully saturated rings. The van der Waals surface area contributed by atoms with Crippen molar-refractivity contribution in [1.82, 2.24) is 0 Å². The lowest BCUT2D eigenvalue weighted by atomic mass is 9.75. The number of halogens is 3. The van der Waals surface area contributed by atoms with Gasteiger partial charge in [0.1, 0.15) is 6.61 Å². The van der Waals surface area contributed by atoms with Gasteiger partial charge in [0.25, 0.3) is 0 Å². The number of carboxylic acids is 1. The first-order valence-electron chi connectivity index (χ1n) is 11.1. The summed E-state index contributed by atoms with van der Waals surface area (Å²) in [6.07, 6.45) is 5.03. The first-order chi connectivity index (χ1) is 16.9. The molecule has 35 heavy (non-hydrogen) atoms. The van der Waals surface area contributed by atoms with E-state index in [9.17, 15) is 9.90 Å². The fourth-order valence-electron chi connectivity index (χ4n) is 4.99. The topological polar surface area (TPSA) is 67.8 Å². The molecule has 1 aliphatic heterocycles. The molecule has 8 heteroatoms. The molecular formula is C27H22BrCl2NO4. The summed E-state index contributed by atoms with van der Waals surface area (Å²) >= 11 is 16.2. The van der Waals surface area contributed by atoms with Gasteiger partial charge in [-0.25, -0.2) is 4.79 Å². The number of carbonyl (C=O) groups is 1. The minimum Gasteiger partial charge on any atom is -0.493 e. The SMILES string of the molecule is COc1cc([C@@H]2Nc3c(Cl)ccc(C(=O)O)c3[C@H]3C=CC[C@@H]32)cc(Br)c1OCc1ccc(Cl)cc1. The van der Waals surface area contributed by atoms with Gasteiger partial charge in [0.2, 0.25) is 0 Å². The van der Waals surface area contributed by atoms with E-state index in [1.807, 2.05) is 36.4 Å². The van der Waals surface area contributed by atoms with Crippen LogP contribution in [0.1, 0.15) is 45.4 Å². The molecule has 0 amide bonds. The van der Waals surface area contributed by atoms with Crippen LogP contribution in [-0.4, -0.2) is 18.2 Å². The van der Waals surface area contributed by atoms with Crippen LogP contribution in [0.5, 0.6) is 11.5 Å². The van der Waals surface area contributed by atoms with Crippen LogP contribution < -0.4 is 14.8 Å². The highest BCUT2D eigenvalue weighted by molar-refractivity contribution is 9.10. The van der Waals surface area contributed by atoms with E-state index in [1.165, 1.54) is 0 Å². The molecule has 5 rings (SSSR count). The van der Waals surface area contributed by atoms with Gasteiger partial charge in [-0.05, 0) is 81.4 Å². The molecule has 1 heterocycles. The third-order valence-corrected chi connectivity index (χ3v) is 7.76. The molecule has 0 unspecified atom stereocenters. The lowest BCUT2D eigenvalue weighted by molar-refractivity contribution is 0.0695. The number of hydrogen-bond donors (Lipinski definition) is 2. The second kappa shape index (κ2) is 9.76. The highest BCUT2D eigenvalue weighted by Gasteiger charge is 2.41. The minimum atomic E-state index is -0.955. The van der Waals surface area contributed by atoms with Crippen molar-refractivity contribution >= 4 is 50.8 Å². The van der Waals surface area contributed by atoms with Crippen molar-refractivity contribution < 1.29 is 19.4 Å². The van der Waals surface area contributed by atoms with Gasteiger partial charge < -0.3 is 19.9 Å². The maximum atomic E-state index is 11.9. The van der Waals surface area contributed by atoms with Crippen LogP contribution in [0.4, 0.5) is 5.69 Å². The Morgan fingerprint density at radius 1 is 1.17 bits per heavy atom. The zero-order chi connectivity index (χ0) is 24.7. The summed E-state index contributed by atoms with van der Waals surface area (Å²) in [5.74, 6) is 0.338. The minimum absolute atomic E-state index is 0.0494. The van der Waals surface area contributed by atoms with Crippen LogP contribution in [0.2, 0.25) is 10.0 Å². The molecule has 5 nitrogen and oxygen atoms in total. The Balaban J connectivity index is 1.49. The Hall–Kier alpha value is -2.67. The molecule has 0 saturated heterocycles. The van der Waals surface area contributed by atoms with Gasteiger partial charge in [0, 0.05) is 10.9 Å². The molecule has 3 aromatic carbocycles. The monoisotopic (exact) mass is 573 g/mol. The van der Waals surface area contributed by atoms with E-state index >= 15 is 0 Å². The summed E-state index contributed by atoms with van der Waals surface area (Å²) in [6.45, 7) is 0.364. The summed E-state index contributed by atoms with van der Waals surface area (Å²) in [5.41, 5.74) is 3.67. The molecule has 3 atom stereocenters. The zero-order valence-corrected chi connectivity index (χ0v) is 21.8. The van der Waals surface area contributed by atoms with E-state index in [0.29, 0.717) is 33.8 Å². The quantitative estimate of drug-likeness (QED) is 0.293. The van der Waals surface area contributed by atoms with E-state index in [0.717, 1.165) is 27.6 Å². The Labute approximate surface area is 221 Å². The van der Waals surface area contributed by atoms with Gasteiger partial charge in [-0.2, -0.15) is 0 Å². The lowest BCUT2D eigenvalue weighted by Gasteiger charge is -2.38. The molecule has 2 N–H and O–H groups in total. The number of allylic oxidation sites excluding steroid dienone is 2. The summed E-state index contributed by atoms with van der Waals surface area (Å²) in [6, 6.07) is 14.6. The smallest absolute Gasteiger partial charge is 0.336 e. The van der Waals surface area contributed by atoms with E-state index in [-0.39, 0.29) is 23.4 Å². The molecule has 0 saturated carbocycles. The molecule has 0 radical (unpaired) electrons. The molecule has 2 aliphatic rings. The van der Waals surface area contributed by atoms with Gasteiger partial charge in [-0.15, -0.1) is 0 Å². The fraction of sp³-hybridized carbons (Fsp3) is 0.222. The molecule has 3 aromatic rings. The summed E-state index contributed by atoms with van der Waals surface area (Å²) in [4.78, 5) is 11.9. The van der Waals surface area contributed by atoms with Gasteiger partial charge in [0.15, 0.2) is 11.5 Å². The molecule has 0 aromatic heterocycles. The van der Waals surface area contributed by atoms with E-state index in [4.69, 9.17) is 32.7 Å². The number of aromatic carboxylic acids is 1. The van der Waals surface area contributed by atoms with Gasteiger partial charge in [-0.3, -0.25) is 0 Å². The Morgan fingerprint density at radius 3 is 2.66 bits per heavy atom. The van der Waals surface area contributed by atoms with Gasteiger partial charge in [0.05, 0.1) is 33.9 Å². The molecular weight excluding hydrogens is 553 g/mol. The maximum Gasteiger partial charge on any atom is 0.336 e. The van der Waals surface area contributed by atoms with Crippen LogP contribution in [0.25, 0.3) is 0 Å². The van der Waals surface area contributed by atoms with E-state index in [1.54, 1.807) is 19.2 Å². The fourth-order valence-corrected chi connectivity index (χ4v) is 5.91. The number of anilines is 1. The van der Waals surface area contributed by atoms with Gasteiger partial charge >= 0.3 is 5.97 Å². The van der Waals surface area contributed by atoms with Crippen molar-refractivity contribution in [2.75, 3.05) is 12.4 Å². The number of nitrogens with one attached hydrogen (secondary N) is 1. The van der Waals surface area contributed by atoms with Crippen LogP contribution in [-0.2, 0) is 6.61 Å². The first-order valence-corrected chi connectivity index (χ1v) is 12.7. The number of carboxylic acid groups (broad SMARTS) is 1. The number of ether oxygens (including phenoxy) is 2. The summed E-state index contributed by atoms with van der Waals surface area (Å²) < 4.78 is 12.6. The Bertz CT molecular complexity index is 1330. The van der Waals surface area contributed by atoms with Crippen LogP contribution >= 0.6 is 39.1 Å². The van der Waals surface area contributed by atoms with E-state index < -0.39 is 5.97 Å². The standard InChI is InChI=1S/C27H22BrCl2NO4/c1-34-22-12-15(11-20(28)26(22)35-13-14-5-7-16(29)8-6-14)24-18-4-2-3-17(18)23-19(27(32)33)9-10-21(30)25(23)31-24/h2-3,5-12,17-18,24,31H,4,13H2,1H3,(H,32,33)/t17-,18-,24-/m0/s1. The highest BCUT2D eigenvalue weighted by atomic mass is 79.9. The lowest BCUT2D eigenvalue weighted by Crippen LogP contribution is -2.30. The molecule has 0 spiro atoms. The third kappa shape index (κ3) is 4.51. The van der Waals surface area contributed by atoms with Crippen molar-refractivity contribution in [3.63, 3.8) is 0 Å². The average Bonchev–Trinajstić information content (AvgIpc) is 3.33. The normalized spacial score (nSPS) is 20.1. The highest BCUT2D eigenvalue weighted by Crippen LogP contribution is 2.53. The first kappa shape index (κ1) is 24.0. The largest absolute Gasteiger partial charge is 0.493 e. The van der Waals surface area contributed by atoms with E-state index in [2.05, 4.69) is 33.4 Å². The van der Waals surface area contributed by atoms with Crippen LogP contribution in [0.3, 0.4) is 0 Å². The maximum absolute atomic E-state index is 11.9. The Kier molecular flexibility index (Phi) is 6.71. The predicted molar refractivity (Wildman–Crippen MR) is 141 cm³/mol. The van der Waals surface area contributed by atoms with Crippen LogP contribution in [0, 0.1) is 5.92 Å². The average molecular weight is 575 g/mol. The van der Waals surface area contributed by atoms with Crippen LogP contribution in [0.15, 0.2) is 65.2 Å². The zero-order valence-electron chi connectivity index (χ0n) is 18.7. The van der Waals surface area contributed by atoms with Crippen molar-refractivity contribution in [1.29, 1.82) is 0 Å². The number of hydrogen-bond acceptors (Lipinski definition) is 4. The van der Waals surface area contributed by atoms with Crippen molar-refractivity contribution in [3.8, 4) is 11.5 Å². The van der Waals surface area contributed by atoms with Crippen molar-refractivity contribution in [2.24, 2.45) is 5.92 Å². The molecule has 180 valence electrons. The number of benzene rings is 3. The summed E-state index contributed by atoms with van der Waals surface area (Å²) in [7, 11) is 1.61. The Morgan fingerprint density at radius 2 is 1.94 bits per heavy atom. The number of fused-ring (bicyclic) bond motifs is 3. The molecule has 0 bridgehead atoms. The molecule has 1 aliphatic carbocycles. The van der Waals surface area contributed by atoms with Crippen molar-refractivity contribution in [3.05, 3.63) is 97.5 Å². The summed E-state index contributed by atoms with van der Waals surface area (Å²) in [5, 5.41) is 14.5. The van der Waals surface area contributed by atoms with Gasteiger partial charge in [-0.1, -0.05) is 47.5 Å². The van der Waals surface area contributed by atoms with Crippen molar-refractivity contribution in [2.45, 2.75) is 25.0 Å². The second-order valence-electron chi connectivity index (χ2n) is 8.61. The predicted octanol–water partition coefficient (Wildman–Crippen LogP) is 7.87.